The summed E-state index contributed by atoms with van der Waals surface area (Å²) in [6, 6.07) is 10.6. The van der Waals surface area contributed by atoms with E-state index in [1.54, 1.807) is 24.3 Å². The average molecular weight is 333 g/mol. The number of nitrogens with one attached hydrogen (secondary N) is 2. The molecule has 1 unspecified atom stereocenters. The van der Waals surface area contributed by atoms with Gasteiger partial charge in [0.05, 0.1) is 6.10 Å². The molecule has 2 rings (SSSR count). The monoisotopic (exact) mass is 332 g/mol. The Morgan fingerprint density at radius 3 is 2.26 bits per heavy atom. The molecule has 2 aromatic carbocycles. The fourth-order valence-electron chi connectivity index (χ4n) is 2.53. The Morgan fingerprint density at radius 1 is 1.13 bits per heavy atom. The molecule has 5 heteroatoms. The Morgan fingerprint density at radius 2 is 1.70 bits per heavy atom. The molecule has 0 radical (unpaired) electrons. The number of benzene rings is 2. The molecule has 4 nitrogen and oxygen atoms in total. The quantitative estimate of drug-likeness (QED) is 0.788. The standard InChI is InChI=1S/C18H21ClN2O2/c1-11-8-12(2)17(13(3)9-11)21-18(23)20-10-16(22)14-4-6-15(19)7-5-14/h4-9,16,22H,10H2,1-3H3,(H2,20,21,23). The number of urea groups is 1. The van der Waals surface area contributed by atoms with Crippen LogP contribution in [0.3, 0.4) is 0 Å². The van der Waals surface area contributed by atoms with Crippen molar-refractivity contribution in [3.05, 3.63) is 63.7 Å². The summed E-state index contributed by atoms with van der Waals surface area (Å²) >= 11 is 5.81. The lowest BCUT2D eigenvalue weighted by Crippen LogP contribution is -2.32. The van der Waals surface area contributed by atoms with Crippen LogP contribution in [-0.2, 0) is 0 Å². The molecule has 0 aliphatic carbocycles. The number of rotatable bonds is 4. The average Bonchev–Trinajstić information content (AvgIpc) is 2.49. The van der Waals surface area contributed by atoms with Crippen LogP contribution in [0.15, 0.2) is 36.4 Å². The largest absolute Gasteiger partial charge is 0.387 e. The van der Waals surface area contributed by atoms with Gasteiger partial charge >= 0.3 is 6.03 Å². The minimum Gasteiger partial charge on any atom is -0.387 e. The van der Waals surface area contributed by atoms with E-state index in [-0.39, 0.29) is 12.6 Å². The number of hydrogen-bond donors (Lipinski definition) is 3. The van der Waals surface area contributed by atoms with Crippen molar-refractivity contribution >= 4 is 23.3 Å². The molecule has 122 valence electrons. The van der Waals surface area contributed by atoms with Crippen LogP contribution < -0.4 is 10.6 Å². The predicted molar refractivity (Wildman–Crippen MR) is 94.1 cm³/mol. The van der Waals surface area contributed by atoms with Crippen LogP contribution in [0, 0.1) is 20.8 Å². The number of amides is 2. The number of aryl methyl sites for hydroxylation is 3. The topological polar surface area (TPSA) is 61.4 Å². The molecule has 0 fully saturated rings. The van der Waals surface area contributed by atoms with E-state index in [0.717, 1.165) is 22.4 Å². The van der Waals surface area contributed by atoms with Gasteiger partial charge in [-0.3, -0.25) is 0 Å². The summed E-state index contributed by atoms with van der Waals surface area (Å²) in [6.45, 7) is 6.06. The van der Waals surface area contributed by atoms with Gasteiger partial charge in [0.15, 0.2) is 0 Å². The number of halogens is 1. The first-order valence-corrected chi connectivity index (χ1v) is 7.81. The molecule has 0 bridgehead atoms. The maximum Gasteiger partial charge on any atom is 0.319 e. The van der Waals surface area contributed by atoms with Crippen molar-refractivity contribution in [2.24, 2.45) is 0 Å². The first-order valence-electron chi connectivity index (χ1n) is 7.43. The highest BCUT2D eigenvalue weighted by Gasteiger charge is 2.11. The molecule has 0 aliphatic rings. The summed E-state index contributed by atoms with van der Waals surface area (Å²) in [7, 11) is 0. The summed E-state index contributed by atoms with van der Waals surface area (Å²) in [6.07, 6.45) is -0.779. The van der Waals surface area contributed by atoms with Crippen LogP contribution in [-0.4, -0.2) is 17.7 Å². The first-order chi connectivity index (χ1) is 10.9. The van der Waals surface area contributed by atoms with Crippen molar-refractivity contribution in [2.75, 3.05) is 11.9 Å². The number of carbonyl (C=O) groups is 1. The molecule has 0 heterocycles. The predicted octanol–water partition coefficient (Wildman–Crippen LogP) is 4.12. The van der Waals surface area contributed by atoms with Crippen molar-refractivity contribution < 1.29 is 9.90 Å². The second-order valence-corrected chi connectivity index (χ2v) is 6.11. The zero-order valence-corrected chi connectivity index (χ0v) is 14.2. The third kappa shape index (κ3) is 4.71. The van der Waals surface area contributed by atoms with Gasteiger partial charge in [0.25, 0.3) is 0 Å². The molecular weight excluding hydrogens is 312 g/mol. The summed E-state index contributed by atoms with van der Waals surface area (Å²) in [5, 5.41) is 16.2. The Kier molecular flexibility index (Phi) is 5.64. The Bertz CT molecular complexity index is 676. The number of anilines is 1. The van der Waals surface area contributed by atoms with Crippen molar-refractivity contribution in [3.63, 3.8) is 0 Å². The summed E-state index contributed by atoms with van der Waals surface area (Å²) in [5.74, 6) is 0. The van der Waals surface area contributed by atoms with Gasteiger partial charge in [-0.25, -0.2) is 4.79 Å². The van der Waals surface area contributed by atoms with E-state index in [9.17, 15) is 9.90 Å². The summed E-state index contributed by atoms with van der Waals surface area (Å²) in [5.41, 5.74) is 4.68. The molecule has 0 aromatic heterocycles. The number of carbonyl (C=O) groups excluding carboxylic acids is 1. The van der Waals surface area contributed by atoms with Crippen LogP contribution in [0.2, 0.25) is 5.02 Å². The highest BCUT2D eigenvalue weighted by atomic mass is 35.5. The number of aliphatic hydroxyl groups is 1. The maximum atomic E-state index is 12.0. The van der Waals surface area contributed by atoms with Crippen LogP contribution in [0.1, 0.15) is 28.4 Å². The fraction of sp³-hybridized carbons (Fsp3) is 0.278. The highest BCUT2D eigenvalue weighted by Crippen LogP contribution is 2.22. The van der Waals surface area contributed by atoms with Gasteiger partial charge in [0.1, 0.15) is 0 Å². The lowest BCUT2D eigenvalue weighted by molar-refractivity contribution is 0.175. The second kappa shape index (κ2) is 7.49. The minimum atomic E-state index is -0.779. The molecule has 1 atom stereocenters. The molecule has 0 saturated carbocycles. The number of hydrogen-bond acceptors (Lipinski definition) is 2. The van der Waals surface area contributed by atoms with Crippen molar-refractivity contribution in [2.45, 2.75) is 26.9 Å². The van der Waals surface area contributed by atoms with E-state index in [1.807, 2.05) is 32.9 Å². The van der Waals surface area contributed by atoms with Crippen LogP contribution in [0.25, 0.3) is 0 Å². The van der Waals surface area contributed by atoms with E-state index in [2.05, 4.69) is 10.6 Å². The van der Waals surface area contributed by atoms with E-state index in [4.69, 9.17) is 11.6 Å². The normalized spacial score (nSPS) is 11.9. The van der Waals surface area contributed by atoms with Crippen LogP contribution in [0.4, 0.5) is 10.5 Å². The van der Waals surface area contributed by atoms with Gasteiger partial charge in [-0.15, -0.1) is 0 Å². The zero-order chi connectivity index (χ0) is 17.0. The van der Waals surface area contributed by atoms with Gasteiger partial charge in [-0.2, -0.15) is 0 Å². The fourth-order valence-corrected chi connectivity index (χ4v) is 2.65. The van der Waals surface area contributed by atoms with Crippen molar-refractivity contribution in [1.82, 2.24) is 5.32 Å². The Hall–Kier alpha value is -2.04. The molecule has 0 saturated heterocycles. The first kappa shape index (κ1) is 17.3. The van der Waals surface area contributed by atoms with Gasteiger partial charge in [0.2, 0.25) is 0 Å². The van der Waals surface area contributed by atoms with Gasteiger partial charge in [0, 0.05) is 17.3 Å². The third-order valence-corrected chi connectivity index (χ3v) is 3.88. The van der Waals surface area contributed by atoms with Crippen LogP contribution in [0.5, 0.6) is 0 Å². The molecular formula is C18H21ClN2O2. The van der Waals surface area contributed by atoms with Crippen LogP contribution >= 0.6 is 11.6 Å². The SMILES string of the molecule is Cc1cc(C)c(NC(=O)NCC(O)c2ccc(Cl)cc2)c(C)c1. The molecule has 0 spiro atoms. The molecule has 23 heavy (non-hydrogen) atoms. The maximum absolute atomic E-state index is 12.0. The second-order valence-electron chi connectivity index (χ2n) is 5.68. The Balaban J connectivity index is 1.94. The molecule has 0 aliphatic heterocycles. The van der Waals surface area contributed by atoms with E-state index in [0.29, 0.717) is 10.6 Å². The van der Waals surface area contributed by atoms with E-state index < -0.39 is 6.10 Å². The lowest BCUT2D eigenvalue weighted by Gasteiger charge is -2.15. The van der Waals surface area contributed by atoms with Gasteiger partial charge in [-0.05, 0) is 49.6 Å². The lowest BCUT2D eigenvalue weighted by atomic mass is 10.1. The number of aliphatic hydroxyl groups excluding tert-OH is 1. The van der Waals surface area contributed by atoms with Crippen molar-refractivity contribution in [3.8, 4) is 0 Å². The minimum absolute atomic E-state index is 0.122. The zero-order valence-electron chi connectivity index (χ0n) is 13.5. The molecule has 3 N–H and O–H groups in total. The van der Waals surface area contributed by atoms with Gasteiger partial charge in [-0.1, -0.05) is 41.4 Å². The Labute approximate surface area is 141 Å². The van der Waals surface area contributed by atoms with E-state index >= 15 is 0 Å². The van der Waals surface area contributed by atoms with E-state index in [1.165, 1.54) is 0 Å². The smallest absolute Gasteiger partial charge is 0.319 e. The highest BCUT2D eigenvalue weighted by molar-refractivity contribution is 6.30. The summed E-state index contributed by atoms with van der Waals surface area (Å²) in [4.78, 5) is 12.0. The van der Waals surface area contributed by atoms with Crippen molar-refractivity contribution in [1.29, 1.82) is 0 Å². The molecule has 2 aromatic rings. The third-order valence-electron chi connectivity index (χ3n) is 3.63. The molecule has 2 amide bonds. The summed E-state index contributed by atoms with van der Waals surface area (Å²) < 4.78 is 0. The van der Waals surface area contributed by atoms with Gasteiger partial charge < -0.3 is 15.7 Å².